The fraction of sp³-hybridized carbons (Fsp3) is 0.600. The van der Waals surface area contributed by atoms with Gasteiger partial charge in [-0.1, -0.05) is 13.8 Å². The minimum Gasteiger partial charge on any atom is -0.256 e. The van der Waals surface area contributed by atoms with Crippen LogP contribution >= 0.6 is 15.9 Å². The molecule has 0 radical (unpaired) electrons. The van der Waals surface area contributed by atoms with E-state index in [9.17, 15) is 0 Å². The van der Waals surface area contributed by atoms with Crippen molar-refractivity contribution in [2.75, 3.05) is 0 Å². The van der Waals surface area contributed by atoms with Crippen LogP contribution in [0.2, 0.25) is 0 Å². The highest BCUT2D eigenvalue weighted by Crippen LogP contribution is 2.39. The van der Waals surface area contributed by atoms with E-state index >= 15 is 0 Å². The topological polar surface area (TPSA) is 25.8 Å². The third-order valence-electron chi connectivity index (χ3n) is 2.32. The van der Waals surface area contributed by atoms with Gasteiger partial charge in [0, 0.05) is 12.1 Å². The van der Waals surface area contributed by atoms with E-state index in [0.29, 0.717) is 11.8 Å². The van der Waals surface area contributed by atoms with E-state index in [-0.39, 0.29) is 0 Å². The zero-order valence-corrected chi connectivity index (χ0v) is 9.50. The average Bonchev–Trinajstić information content (AvgIpc) is 2.85. The summed E-state index contributed by atoms with van der Waals surface area (Å²) in [6.07, 6.45) is 4.49. The third kappa shape index (κ3) is 1.90. The summed E-state index contributed by atoms with van der Waals surface area (Å²) in [5.41, 5.74) is 2.21. The summed E-state index contributed by atoms with van der Waals surface area (Å²) in [6, 6.07) is 0. The van der Waals surface area contributed by atoms with Gasteiger partial charge in [0.2, 0.25) is 0 Å². The van der Waals surface area contributed by atoms with Gasteiger partial charge in [-0.05, 0) is 34.7 Å². The number of halogens is 1. The van der Waals surface area contributed by atoms with Gasteiger partial charge in [-0.3, -0.25) is 4.98 Å². The Labute approximate surface area is 86.9 Å². The highest BCUT2D eigenvalue weighted by Gasteiger charge is 2.26. The van der Waals surface area contributed by atoms with Crippen molar-refractivity contribution in [3.05, 3.63) is 22.2 Å². The quantitative estimate of drug-likeness (QED) is 0.794. The minimum atomic E-state index is 0.440. The van der Waals surface area contributed by atoms with Gasteiger partial charge >= 0.3 is 0 Å². The Hall–Kier alpha value is -0.440. The fourth-order valence-electron chi connectivity index (χ4n) is 1.35. The van der Waals surface area contributed by atoms with Gasteiger partial charge in [0.15, 0.2) is 0 Å². The van der Waals surface area contributed by atoms with E-state index in [0.717, 1.165) is 16.0 Å². The van der Waals surface area contributed by atoms with Gasteiger partial charge in [-0.2, -0.15) is 0 Å². The van der Waals surface area contributed by atoms with Gasteiger partial charge in [-0.25, -0.2) is 4.98 Å². The molecule has 1 aliphatic carbocycles. The maximum atomic E-state index is 4.51. The van der Waals surface area contributed by atoms with Crippen LogP contribution in [0.1, 0.15) is 49.9 Å². The van der Waals surface area contributed by atoms with Crippen molar-refractivity contribution in [3.8, 4) is 0 Å². The Balaban J connectivity index is 2.31. The summed E-state index contributed by atoms with van der Waals surface area (Å²) in [5, 5.41) is 0. The first-order valence-electron chi connectivity index (χ1n) is 4.71. The maximum Gasteiger partial charge on any atom is 0.128 e. The predicted octanol–water partition coefficient (Wildman–Crippen LogP) is 3.24. The molecular weight excluding hydrogens is 228 g/mol. The molecule has 0 bridgehead atoms. The molecule has 70 valence electrons. The van der Waals surface area contributed by atoms with Crippen LogP contribution in [0.4, 0.5) is 0 Å². The molecular formula is C10H13BrN2. The zero-order valence-electron chi connectivity index (χ0n) is 7.92. The Bertz CT molecular complexity index is 319. The number of nitrogens with zero attached hydrogens (tertiary/aromatic N) is 2. The standard InChI is InChI=1S/C10H13BrN2/c1-6(2)9-10(11)13-8(5-12-9)7-3-4-7/h5-7H,3-4H2,1-2H3. The molecule has 0 aliphatic heterocycles. The van der Waals surface area contributed by atoms with Gasteiger partial charge in [0.25, 0.3) is 0 Å². The number of hydrogen-bond donors (Lipinski definition) is 0. The van der Waals surface area contributed by atoms with Crippen LogP contribution in [0.25, 0.3) is 0 Å². The van der Waals surface area contributed by atoms with Gasteiger partial charge in [-0.15, -0.1) is 0 Å². The predicted molar refractivity (Wildman–Crippen MR) is 55.8 cm³/mol. The molecule has 3 heteroatoms. The smallest absolute Gasteiger partial charge is 0.128 e. The fourth-order valence-corrected chi connectivity index (χ4v) is 2.12. The summed E-state index contributed by atoms with van der Waals surface area (Å²) in [7, 11) is 0. The van der Waals surface area contributed by atoms with Crippen LogP contribution < -0.4 is 0 Å². The lowest BCUT2D eigenvalue weighted by atomic mass is 10.1. The molecule has 2 rings (SSSR count). The van der Waals surface area contributed by atoms with Crippen molar-refractivity contribution in [2.45, 2.75) is 38.5 Å². The summed E-state index contributed by atoms with van der Waals surface area (Å²) in [4.78, 5) is 8.94. The molecule has 1 fully saturated rings. The lowest BCUT2D eigenvalue weighted by Gasteiger charge is -2.07. The van der Waals surface area contributed by atoms with E-state index in [1.807, 2.05) is 6.20 Å². The van der Waals surface area contributed by atoms with E-state index in [2.05, 4.69) is 39.7 Å². The summed E-state index contributed by atoms with van der Waals surface area (Å²) in [5.74, 6) is 1.13. The van der Waals surface area contributed by atoms with Crippen molar-refractivity contribution in [1.82, 2.24) is 9.97 Å². The largest absolute Gasteiger partial charge is 0.256 e. The second kappa shape index (κ2) is 3.37. The molecule has 1 aromatic rings. The zero-order chi connectivity index (χ0) is 9.42. The second-order valence-electron chi connectivity index (χ2n) is 3.90. The van der Waals surface area contributed by atoms with E-state index in [1.54, 1.807) is 0 Å². The Morgan fingerprint density at radius 3 is 2.62 bits per heavy atom. The number of aromatic nitrogens is 2. The van der Waals surface area contributed by atoms with Crippen LogP contribution in [-0.4, -0.2) is 9.97 Å². The molecule has 2 nitrogen and oxygen atoms in total. The Morgan fingerprint density at radius 2 is 2.15 bits per heavy atom. The van der Waals surface area contributed by atoms with Crippen LogP contribution in [0, 0.1) is 0 Å². The lowest BCUT2D eigenvalue weighted by molar-refractivity contribution is 0.788. The van der Waals surface area contributed by atoms with Crippen LogP contribution in [0.15, 0.2) is 10.8 Å². The van der Waals surface area contributed by atoms with E-state index in [1.165, 1.54) is 12.8 Å². The number of hydrogen-bond acceptors (Lipinski definition) is 2. The first-order valence-corrected chi connectivity index (χ1v) is 5.50. The lowest BCUT2D eigenvalue weighted by Crippen LogP contribution is -1.99. The molecule has 13 heavy (non-hydrogen) atoms. The average molecular weight is 241 g/mol. The van der Waals surface area contributed by atoms with Crippen molar-refractivity contribution >= 4 is 15.9 Å². The van der Waals surface area contributed by atoms with E-state index in [4.69, 9.17) is 0 Å². The molecule has 1 aliphatic rings. The van der Waals surface area contributed by atoms with Crippen LogP contribution in [-0.2, 0) is 0 Å². The second-order valence-corrected chi connectivity index (χ2v) is 4.65. The molecule has 1 saturated carbocycles. The van der Waals surface area contributed by atoms with Crippen molar-refractivity contribution in [1.29, 1.82) is 0 Å². The first-order chi connectivity index (χ1) is 6.18. The molecule has 1 heterocycles. The molecule has 0 unspecified atom stereocenters. The molecule has 0 aromatic carbocycles. The van der Waals surface area contributed by atoms with Gasteiger partial charge < -0.3 is 0 Å². The summed E-state index contributed by atoms with van der Waals surface area (Å²) in [6.45, 7) is 4.26. The Morgan fingerprint density at radius 1 is 1.46 bits per heavy atom. The van der Waals surface area contributed by atoms with Gasteiger partial charge in [0.1, 0.15) is 4.60 Å². The molecule has 0 N–H and O–H groups in total. The van der Waals surface area contributed by atoms with Crippen LogP contribution in [0.3, 0.4) is 0 Å². The highest BCUT2D eigenvalue weighted by molar-refractivity contribution is 9.10. The summed E-state index contributed by atoms with van der Waals surface area (Å²) < 4.78 is 0.923. The third-order valence-corrected chi connectivity index (χ3v) is 2.90. The van der Waals surface area contributed by atoms with Crippen molar-refractivity contribution < 1.29 is 0 Å². The van der Waals surface area contributed by atoms with E-state index < -0.39 is 0 Å². The van der Waals surface area contributed by atoms with Crippen LogP contribution in [0.5, 0.6) is 0 Å². The molecule has 0 saturated heterocycles. The normalized spacial score (nSPS) is 16.6. The molecule has 0 amide bonds. The Kier molecular flexibility index (Phi) is 2.37. The molecule has 0 spiro atoms. The van der Waals surface area contributed by atoms with Gasteiger partial charge in [0.05, 0.1) is 11.4 Å². The SMILES string of the molecule is CC(C)c1ncc(C2CC2)nc1Br. The first kappa shape index (κ1) is 9.13. The molecule has 0 atom stereocenters. The van der Waals surface area contributed by atoms with Crippen molar-refractivity contribution in [2.24, 2.45) is 0 Å². The van der Waals surface area contributed by atoms with Crippen molar-refractivity contribution in [3.63, 3.8) is 0 Å². The number of rotatable bonds is 2. The molecule has 1 aromatic heterocycles. The maximum absolute atomic E-state index is 4.51. The summed E-state index contributed by atoms with van der Waals surface area (Å²) >= 11 is 3.47. The minimum absolute atomic E-state index is 0.440. The monoisotopic (exact) mass is 240 g/mol. The highest BCUT2D eigenvalue weighted by atomic mass is 79.9.